The molecule has 0 saturated heterocycles. The number of hydrogen-bond donors (Lipinski definition) is 1. The van der Waals surface area contributed by atoms with Crippen LogP contribution in [0.5, 0.6) is 5.75 Å². The normalized spacial score (nSPS) is 11.6. The van der Waals surface area contributed by atoms with E-state index in [1.165, 1.54) is 0 Å². The Balaban J connectivity index is 2.17. The van der Waals surface area contributed by atoms with Crippen LogP contribution in [0, 0.1) is 0 Å². The predicted molar refractivity (Wildman–Crippen MR) is 119 cm³/mol. The number of amides is 2. The minimum absolute atomic E-state index is 0.147. The Labute approximate surface area is 185 Å². The van der Waals surface area contributed by atoms with E-state index in [0.717, 1.165) is 12.0 Å². The molecule has 2 aromatic rings. The molecular formula is C22H26BrClN2O3. The lowest BCUT2D eigenvalue weighted by Gasteiger charge is -2.30. The van der Waals surface area contributed by atoms with E-state index in [0.29, 0.717) is 34.8 Å². The third-order valence-corrected chi connectivity index (χ3v) is 5.23. The summed E-state index contributed by atoms with van der Waals surface area (Å²) < 4.78 is 6.37. The number of nitrogens with one attached hydrogen (secondary N) is 1. The average Bonchev–Trinajstić information content (AvgIpc) is 2.72. The third kappa shape index (κ3) is 7.05. The maximum Gasteiger partial charge on any atom is 0.261 e. The largest absolute Gasteiger partial charge is 0.483 e. The molecule has 29 heavy (non-hydrogen) atoms. The smallest absolute Gasteiger partial charge is 0.261 e. The van der Waals surface area contributed by atoms with Gasteiger partial charge in [0.25, 0.3) is 5.91 Å². The van der Waals surface area contributed by atoms with Crippen molar-refractivity contribution in [2.75, 3.05) is 13.2 Å². The molecule has 1 atom stereocenters. The van der Waals surface area contributed by atoms with Gasteiger partial charge >= 0.3 is 0 Å². The fourth-order valence-electron chi connectivity index (χ4n) is 2.88. The molecule has 2 rings (SSSR count). The molecule has 2 amide bonds. The minimum Gasteiger partial charge on any atom is -0.483 e. The van der Waals surface area contributed by atoms with Gasteiger partial charge in [0, 0.05) is 18.1 Å². The Morgan fingerprint density at radius 2 is 1.90 bits per heavy atom. The fraction of sp³-hybridized carbons (Fsp3) is 0.364. The highest BCUT2D eigenvalue weighted by Gasteiger charge is 2.28. The van der Waals surface area contributed by atoms with Gasteiger partial charge in [0.1, 0.15) is 11.8 Å². The number of ether oxygens (including phenoxy) is 1. The summed E-state index contributed by atoms with van der Waals surface area (Å²) in [5.41, 5.74) is 0.954. The molecule has 5 nitrogen and oxygen atoms in total. The summed E-state index contributed by atoms with van der Waals surface area (Å²) in [6, 6.07) is 14.2. The fourth-order valence-corrected chi connectivity index (χ4v) is 3.68. The second-order valence-electron chi connectivity index (χ2n) is 6.59. The average molecular weight is 482 g/mol. The molecule has 0 spiro atoms. The van der Waals surface area contributed by atoms with Crippen LogP contribution in [0.3, 0.4) is 0 Å². The van der Waals surface area contributed by atoms with E-state index in [4.69, 9.17) is 16.3 Å². The summed E-state index contributed by atoms with van der Waals surface area (Å²) in [5.74, 6) is 0.117. The first-order valence-corrected chi connectivity index (χ1v) is 10.8. The first kappa shape index (κ1) is 23.2. The summed E-state index contributed by atoms with van der Waals surface area (Å²) in [4.78, 5) is 27.3. The lowest BCUT2D eigenvalue weighted by Crippen LogP contribution is -2.50. The van der Waals surface area contributed by atoms with Crippen LogP contribution in [0.4, 0.5) is 0 Å². The van der Waals surface area contributed by atoms with Crippen molar-refractivity contribution in [2.45, 2.75) is 39.3 Å². The van der Waals surface area contributed by atoms with E-state index in [9.17, 15) is 9.59 Å². The van der Waals surface area contributed by atoms with Crippen LogP contribution in [0.2, 0.25) is 5.02 Å². The maximum absolute atomic E-state index is 13.1. The number of halogens is 2. The summed E-state index contributed by atoms with van der Waals surface area (Å²) in [6.07, 6.45) is 1.35. The van der Waals surface area contributed by atoms with Crippen molar-refractivity contribution in [2.24, 2.45) is 0 Å². The number of benzene rings is 2. The molecule has 0 aromatic heterocycles. The molecule has 0 unspecified atom stereocenters. The molecule has 0 aliphatic carbocycles. The van der Waals surface area contributed by atoms with E-state index < -0.39 is 6.04 Å². The molecule has 7 heteroatoms. The molecule has 0 fully saturated rings. The number of carbonyl (C=O) groups excluding carboxylic acids is 2. The van der Waals surface area contributed by atoms with Crippen molar-refractivity contribution in [3.05, 3.63) is 63.6 Å². The molecule has 2 aromatic carbocycles. The van der Waals surface area contributed by atoms with E-state index in [-0.39, 0.29) is 18.4 Å². The molecule has 156 valence electrons. The lowest BCUT2D eigenvalue weighted by molar-refractivity contribution is -0.143. The highest BCUT2D eigenvalue weighted by Crippen LogP contribution is 2.28. The molecule has 0 saturated carbocycles. The number of carbonyl (C=O) groups is 2. The van der Waals surface area contributed by atoms with Gasteiger partial charge in [-0.05, 0) is 52.5 Å². The molecule has 0 bridgehead atoms. The maximum atomic E-state index is 13.1. The molecule has 0 heterocycles. The summed E-state index contributed by atoms with van der Waals surface area (Å²) >= 11 is 9.34. The Hall–Kier alpha value is -2.05. The monoisotopic (exact) mass is 480 g/mol. The first-order chi connectivity index (χ1) is 14.0. The lowest BCUT2D eigenvalue weighted by atomic mass is 10.1. The first-order valence-electron chi connectivity index (χ1n) is 9.65. The van der Waals surface area contributed by atoms with Crippen molar-refractivity contribution in [1.29, 1.82) is 0 Å². The predicted octanol–water partition coefficient (Wildman–Crippen LogP) is 4.81. The van der Waals surface area contributed by atoms with E-state index in [1.54, 1.807) is 23.1 Å². The highest BCUT2D eigenvalue weighted by atomic mass is 79.9. The van der Waals surface area contributed by atoms with Gasteiger partial charge in [-0.25, -0.2) is 0 Å². The Morgan fingerprint density at radius 1 is 1.17 bits per heavy atom. The van der Waals surface area contributed by atoms with Gasteiger partial charge in [-0.15, -0.1) is 0 Å². The zero-order valence-corrected chi connectivity index (χ0v) is 19.0. The van der Waals surface area contributed by atoms with Crippen molar-refractivity contribution < 1.29 is 14.3 Å². The number of hydrogen-bond acceptors (Lipinski definition) is 3. The van der Waals surface area contributed by atoms with Gasteiger partial charge in [0.05, 0.1) is 4.47 Å². The molecule has 0 aliphatic heterocycles. The summed E-state index contributed by atoms with van der Waals surface area (Å²) in [5, 5.41) is 3.47. The van der Waals surface area contributed by atoms with Crippen LogP contribution in [0.1, 0.15) is 32.3 Å². The molecule has 1 N–H and O–H groups in total. The second kappa shape index (κ2) is 11.8. The summed E-state index contributed by atoms with van der Waals surface area (Å²) in [6.45, 7) is 4.63. The van der Waals surface area contributed by atoms with Gasteiger partial charge in [-0.1, -0.05) is 55.8 Å². The minimum atomic E-state index is -0.563. The van der Waals surface area contributed by atoms with E-state index in [2.05, 4.69) is 21.2 Å². The van der Waals surface area contributed by atoms with Crippen LogP contribution in [0.15, 0.2) is 53.0 Å². The molecule has 0 radical (unpaired) electrons. The van der Waals surface area contributed by atoms with Crippen LogP contribution in [0.25, 0.3) is 0 Å². The Bertz CT molecular complexity index is 817. The van der Waals surface area contributed by atoms with Gasteiger partial charge in [-0.2, -0.15) is 0 Å². The Morgan fingerprint density at radius 3 is 2.52 bits per heavy atom. The zero-order chi connectivity index (χ0) is 21.2. The SMILES string of the molecule is CCCNC(=O)[C@H](CC)N(Cc1ccccc1)C(=O)COc1ccc(Cl)cc1Br. The van der Waals surface area contributed by atoms with Crippen molar-refractivity contribution >= 4 is 39.3 Å². The zero-order valence-electron chi connectivity index (χ0n) is 16.7. The van der Waals surface area contributed by atoms with Crippen molar-refractivity contribution in [1.82, 2.24) is 10.2 Å². The van der Waals surface area contributed by atoms with Gasteiger partial charge in [0.15, 0.2) is 6.61 Å². The highest BCUT2D eigenvalue weighted by molar-refractivity contribution is 9.10. The molecular weight excluding hydrogens is 456 g/mol. The topological polar surface area (TPSA) is 58.6 Å². The quantitative estimate of drug-likeness (QED) is 0.529. The van der Waals surface area contributed by atoms with Crippen LogP contribution in [-0.4, -0.2) is 35.9 Å². The van der Waals surface area contributed by atoms with Gasteiger partial charge < -0.3 is 15.0 Å². The number of nitrogens with zero attached hydrogens (tertiary/aromatic N) is 1. The van der Waals surface area contributed by atoms with Crippen LogP contribution < -0.4 is 10.1 Å². The molecule has 0 aliphatic rings. The van der Waals surface area contributed by atoms with Crippen LogP contribution >= 0.6 is 27.5 Å². The van der Waals surface area contributed by atoms with Crippen molar-refractivity contribution in [3.8, 4) is 5.75 Å². The summed E-state index contributed by atoms with van der Waals surface area (Å²) in [7, 11) is 0. The van der Waals surface area contributed by atoms with Crippen LogP contribution in [-0.2, 0) is 16.1 Å². The van der Waals surface area contributed by atoms with Gasteiger partial charge in [-0.3, -0.25) is 9.59 Å². The number of rotatable bonds is 10. The van der Waals surface area contributed by atoms with Gasteiger partial charge in [0.2, 0.25) is 5.91 Å². The Kier molecular flexibility index (Phi) is 9.48. The standard InChI is InChI=1S/C22H26BrClN2O3/c1-3-12-25-22(28)19(4-2)26(14-16-8-6-5-7-9-16)21(27)15-29-20-11-10-17(24)13-18(20)23/h5-11,13,19H,3-4,12,14-15H2,1-2H3,(H,25,28)/t19-/m0/s1. The van der Waals surface area contributed by atoms with Crippen molar-refractivity contribution in [3.63, 3.8) is 0 Å². The second-order valence-corrected chi connectivity index (χ2v) is 7.88. The third-order valence-electron chi connectivity index (χ3n) is 4.38. The van der Waals surface area contributed by atoms with E-state index >= 15 is 0 Å². The van der Waals surface area contributed by atoms with E-state index in [1.807, 2.05) is 44.2 Å².